The smallest absolute Gasteiger partial charge is 0.308 e. The molecule has 0 unspecified atom stereocenters. The number of rotatable bonds is 5. The molecule has 0 radical (unpaired) electrons. The van der Waals surface area contributed by atoms with E-state index in [1.807, 2.05) is 38.1 Å². The van der Waals surface area contributed by atoms with Crippen LogP contribution in [0.5, 0.6) is 0 Å². The van der Waals surface area contributed by atoms with Gasteiger partial charge in [-0.15, -0.1) is 11.3 Å². The van der Waals surface area contributed by atoms with Crippen molar-refractivity contribution < 1.29 is 9.90 Å². The average Bonchev–Trinajstić information content (AvgIpc) is 2.71. The summed E-state index contributed by atoms with van der Waals surface area (Å²) in [6.07, 6.45) is 0.727. The van der Waals surface area contributed by atoms with Crippen LogP contribution in [0.4, 0.5) is 0 Å². The van der Waals surface area contributed by atoms with Crippen LogP contribution in [0.2, 0.25) is 5.02 Å². The maximum atomic E-state index is 10.9. The normalized spacial score (nSPS) is 11.0. The second-order valence-electron chi connectivity index (χ2n) is 4.95. The molecule has 0 amide bonds. The number of carbonyl (C=O) groups is 1. The summed E-state index contributed by atoms with van der Waals surface area (Å²) in [6.45, 7) is 4.06. The molecule has 2 aromatic rings. The Morgan fingerprint density at radius 2 is 2.20 bits per heavy atom. The molecule has 0 aliphatic heterocycles. The van der Waals surface area contributed by atoms with E-state index in [-0.39, 0.29) is 12.3 Å². The van der Waals surface area contributed by atoms with Crippen molar-refractivity contribution in [3.8, 4) is 0 Å². The number of thiazole rings is 1. The third-order valence-electron chi connectivity index (χ3n) is 2.87. The van der Waals surface area contributed by atoms with E-state index in [0.29, 0.717) is 11.4 Å². The van der Waals surface area contributed by atoms with Crippen LogP contribution in [0.3, 0.4) is 0 Å². The molecule has 1 aromatic carbocycles. The Kier molecular flexibility index (Phi) is 4.78. The summed E-state index contributed by atoms with van der Waals surface area (Å²) >= 11 is 7.45. The van der Waals surface area contributed by atoms with Crippen molar-refractivity contribution in [1.82, 2.24) is 4.98 Å². The molecule has 0 saturated carbocycles. The van der Waals surface area contributed by atoms with Gasteiger partial charge in [-0.3, -0.25) is 4.79 Å². The Hall–Kier alpha value is -1.39. The second kappa shape index (κ2) is 6.37. The van der Waals surface area contributed by atoms with Crippen molar-refractivity contribution in [2.75, 3.05) is 0 Å². The fourth-order valence-corrected chi connectivity index (χ4v) is 3.49. The molecule has 20 heavy (non-hydrogen) atoms. The van der Waals surface area contributed by atoms with E-state index in [2.05, 4.69) is 4.98 Å². The summed E-state index contributed by atoms with van der Waals surface area (Å²) < 4.78 is 0. The average molecular weight is 310 g/mol. The van der Waals surface area contributed by atoms with E-state index in [4.69, 9.17) is 16.7 Å². The molecule has 3 nitrogen and oxygen atoms in total. The first-order valence-electron chi connectivity index (χ1n) is 6.40. The number of halogens is 1. The predicted octanol–water partition coefficient (Wildman–Crippen LogP) is 4.14. The molecule has 0 saturated heterocycles. The van der Waals surface area contributed by atoms with Gasteiger partial charge in [0, 0.05) is 16.3 Å². The molecular formula is C15H16ClNO2S. The quantitative estimate of drug-likeness (QED) is 0.903. The van der Waals surface area contributed by atoms with Gasteiger partial charge in [0.1, 0.15) is 0 Å². The Morgan fingerprint density at radius 1 is 1.45 bits per heavy atom. The molecule has 1 N–H and O–H groups in total. The number of aromatic nitrogens is 1. The highest BCUT2D eigenvalue weighted by Crippen LogP contribution is 2.27. The zero-order chi connectivity index (χ0) is 14.7. The molecule has 0 atom stereocenters. The summed E-state index contributed by atoms with van der Waals surface area (Å²) in [6, 6.07) is 7.66. The summed E-state index contributed by atoms with van der Waals surface area (Å²) in [5.41, 5.74) is 1.98. The number of carboxylic acids is 1. The molecule has 1 aromatic heterocycles. The van der Waals surface area contributed by atoms with Gasteiger partial charge in [-0.2, -0.15) is 0 Å². The maximum absolute atomic E-state index is 10.9. The minimum absolute atomic E-state index is 0.0424. The topological polar surface area (TPSA) is 50.2 Å². The van der Waals surface area contributed by atoms with Gasteiger partial charge in [-0.25, -0.2) is 4.98 Å². The molecule has 0 aliphatic rings. The predicted molar refractivity (Wildman–Crippen MR) is 81.8 cm³/mol. The third-order valence-corrected chi connectivity index (χ3v) is 4.18. The van der Waals surface area contributed by atoms with Gasteiger partial charge < -0.3 is 5.11 Å². The Labute approximate surface area is 127 Å². The zero-order valence-corrected chi connectivity index (χ0v) is 13.0. The fraction of sp³-hybridized carbons (Fsp3) is 0.333. The molecule has 5 heteroatoms. The second-order valence-corrected chi connectivity index (χ2v) is 6.55. The lowest BCUT2D eigenvalue weighted by molar-refractivity contribution is -0.136. The molecule has 0 spiro atoms. The van der Waals surface area contributed by atoms with Crippen LogP contribution in [-0.4, -0.2) is 16.1 Å². The van der Waals surface area contributed by atoms with Crippen LogP contribution in [0, 0.1) is 0 Å². The van der Waals surface area contributed by atoms with Crippen molar-refractivity contribution in [1.29, 1.82) is 0 Å². The van der Waals surface area contributed by atoms with Gasteiger partial charge in [0.05, 0.1) is 17.1 Å². The van der Waals surface area contributed by atoms with E-state index in [9.17, 15) is 4.79 Å². The van der Waals surface area contributed by atoms with Gasteiger partial charge in [0.15, 0.2) is 0 Å². The number of hydrogen-bond acceptors (Lipinski definition) is 3. The summed E-state index contributed by atoms with van der Waals surface area (Å²) in [4.78, 5) is 16.4. The molecule has 0 fully saturated rings. The highest BCUT2D eigenvalue weighted by molar-refractivity contribution is 7.11. The molecule has 0 aliphatic carbocycles. The maximum Gasteiger partial charge on any atom is 0.308 e. The first kappa shape index (κ1) is 15.0. The van der Waals surface area contributed by atoms with Crippen molar-refractivity contribution >= 4 is 28.9 Å². The van der Waals surface area contributed by atoms with Crippen LogP contribution in [0.1, 0.15) is 40.9 Å². The lowest BCUT2D eigenvalue weighted by Gasteiger charge is -2.02. The number of aliphatic carboxylic acids is 1. The molecule has 0 bridgehead atoms. The molecular weight excluding hydrogens is 294 g/mol. The first-order chi connectivity index (χ1) is 9.45. The Morgan fingerprint density at radius 3 is 2.80 bits per heavy atom. The largest absolute Gasteiger partial charge is 0.481 e. The lowest BCUT2D eigenvalue weighted by Crippen LogP contribution is -2.02. The minimum atomic E-state index is -0.815. The van der Waals surface area contributed by atoms with Gasteiger partial charge in [-0.1, -0.05) is 37.6 Å². The van der Waals surface area contributed by atoms with Gasteiger partial charge in [-0.05, 0) is 23.6 Å². The van der Waals surface area contributed by atoms with E-state index < -0.39 is 5.97 Å². The van der Waals surface area contributed by atoms with Crippen LogP contribution >= 0.6 is 22.9 Å². The van der Waals surface area contributed by atoms with E-state index in [1.54, 1.807) is 0 Å². The van der Waals surface area contributed by atoms with Crippen LogP contribution in [0.15, 0.2) is 24.3 Å². The van der Waals surface area contributed by atoms with Gasteiger partial charge in [0.25, 0.3) is 0 Å². The SMILES string of the molecule is CC(C)c1nc(Cc2cccc(Cl)c2)sc1CC(=O)O. The Bertz CT molecular complexity index is 622. The minimum Gasteiger partial charge on any atom is -0.481 e. The van der Waals surface area contributed by atoms with Gasteiger partial charge in [0.2, 0.25) is 0 Å². The van der Waals surface area contributed by atoms with Crippen LogP contribution < -0.4 is 0 Å². The molecule has 1 heterocycles. The van der Waals surface area contributed by atoms with Gasteiger partial charge >= 0.3 is 5.97 Å². The van der Waals surface area contributed by atoms with Crippen molar-refractivity contribution in [2.45, 2.75) is 32.6 Å². The molecule has 2 rings (SSSR count). The zero-order valence-electron chi connectivity index (χ0n) is 11.4. The van der Waals surface area contributed by atoms with Crippen LogP contribution in [0.25, 0.3) is 0 Å². The first-order valence-corrected chi connectivity index (χ1v) is 7.60. The van der Waals surface area contributed by atoms with E-state index >= 15 is 0 Å². The summed E-state index contributed by atoms with van der Waals surface area (Å²) in [5.74, 6) is -0.585. The number of nitrogens with zero attached hydrogens (tertiary/aromatic N) is 1. The third kappa shape index (κ3) is 3.81. The number of hydrogen-bond donors (Lipinski definition) is 1. The molecule has 106 valence electrons. The van der Waals surface area contributed by atoms with Crippen molar-refractivity contribution in [3.63, 3.8) is 0 Å². The van der Waals surface area contributed by atoms with Crippen molar-refractivity contribution in [2.24, 2.45) is 0 Å². The van der Waals surface area contributed by atoms with E-state index in [0.717, 1.165) is 21.1 Å². The van der Waals surface area contributed by atoms with Crippen LogP contribution in [-0.2, 0) is 17.6 Å². The highest BCUT2D eigenvalue weighted by Gasteiger charge is 2.16. The van der Waals surface area contributed by atoms with E-state index in [1.165, 1.54) is 11.3 Å². The summed E-state index contributed by atoms with van der Waals surface area (Å²) in [7, 11) is 0. The van der Waals surface area contributed by atoms with Crippen molar-refractivity contribution in [3.05, 3.63) is 50.4 Å². The monoisotopic (exact) mass is 309 g/mol. The number of benzene rings is 1. The summed E-state index contributed by atoms with van der Waals surface area (Å²) in [5, 5.41) is 10.6. The fourth-order valence-electron chi connectivity index (χ4n) is 2.03. The highest BCUT2D eigenvalue weighted by atomic mass is 35.5. The number of carboxylic acid groups (broad SMARTS) is 1. The lowest BCUT2D eigenvalue weighted by atomic mass is 10.1. The standard InChI is InChI=1S/C15H16ClNO2S/c1-9(2)15-12(8-14(18)19)20-13(17-15)7-10-4-3-5-11(16)6-10/h3-6,9H,7-8H2,1-2H3,(H,18,19). The Balaban J connectivity index is 2.26.